The molecule has 7 saturated heterocycles. The molecule has 19 heteroatoms. The Bertz CT molecular complexity index is 2870. The number of esters is 1. The van der Waals surface area contributed by atoms with Gasteiger partial charge in [0.15, 0.2) is 0 Å². The maximum atomic E-state index is 15.3. The van der Waals surface area contributed by atoms with Gasteiger partial charge in [-0.3, -0.25) is 34.2 Å². The second-order valence-corrected chi connectivity index (χ2v) is 25.4. The average Bonchev–Trinajstić information content (AvgIpc) is 3.82. The number of hydrogen-bond acceptors (Lipinski definition) is 16. The van der Waals surface area contributed by atoms with Gasteiger partial charge >= 0.3 is 5.97 Å². The van der Waals surface area contributed by atoms with Gasteiger partial charge in [-0.05, 0) is 101 Å². The molecule has 3 aromatic heterocycles. The van der Waals surface area contributed by atoms with Crippen LogP contribution in [0.3, 0.4) is 0 Å². The van der Waals surface area contributed by atoms with Gasteiger partial charge in [0, 0.05) is 118 Å². The first-order valence-electron chi connectivity index (χ1n) is 28.7. The monoisotopic (exact) mass is 1080 g/mol. The molecule has 2 saturated carbocycles. The van der Waals surface area contributed by atoms with Crippen molar-refractivity contribution < 1.29 is 42.8 Å². The maximum absolute atomic E-state index is 15.3. The van der Waals surface area contributed by atoms with Crippen LogP contribution in [0.15, 0.2) is 35.8 Å². The van der Waals surface area contributed by atoms with Gasteiger partial charge in [0.05, 0.1) is 78.7 Å². The number of cyclic esters (lactones) is 1. The first-order chi connectivity index (χ1) is 37.3. The summed E-state index contributed by atoms with van der Waals surface area (Å²) in [6.45, 7) is 17.2. The van der Waals surface area contributed by atoms with E-state index in [9.17, 15) is 9.59 Å². The molecule has 2 N–H and O–H groups in total. The number of benzene rings is 1. The van der Waals surface area contributed by atoms with Crippen LogP contribution in [0, 0.1) is 11.3 Å². The van der Waals surface area contributed by atoms with Crippen molar-refractivity contribution in [1.82, 2.24) is 40.1 Å². The van der Waals surface area contributed by atoms with E-state index in [1.807, 2.05) is 13.1 Å². The molecule has 9 fully saturated rings. The van der Waals surface area contributed by atoms with Gasteiger partial charge in [0.25, 0.3) is 11.8 Å². The lowest BCUT2D eigenvalue weighted by atomic mass is 9.72. The van der Waals surface area contributed by atoms with Gasteiger partial charge < -0.3 is 43.2 Å². The lowest BCUT2D eigenvalue weighted by Gasteiger charge is -2.58. The van der Waals surface area contributed by atoms with Crippen molar-refractivity contribution in [2.24, 2.45) is 11.3 Å². The van der Waals surface area contributed by atoms with E-state index >= 15 is 4.79 Å². The summed E-state index contributed by atoms with van der Waals surface area (Å²) >= 11 is 1.51. The number of methoxy groups -OCH3 is 1. The second-order valence-electron chi connectivity index (χ2n) is 24.6. The molecule has 10 aliphatic rings. The molecule has 0 unspecified atom stereocenters. The van der Waals surface area contributed by atoms with Gasteiger partial charge in [0.2, 0.25) is 0 Å². The van der Waals surface area contributed by atoms with E-state index < -0.39 is 35.1 Å². The van der Waals surface area contributed by atoms with Crippen molar-refractivity contribution in [2.45, 2.75) is 152 Å². The van der Waals surface area contributed by atoms with Crippen LogP contribution in [-0.4, -0.2) is 175 Å². The summed E-state index contributed by atoms with van der Waals surface area (Å²) in [4.78, 5) is 62.5. The number of piperazine rings is 1. The van der Waals surface area contributed by atoms with Crippen molar-refractivity contribution in [2.75, 3.05) is 90.9 Å². The second kappa shape index (κ2) is 20.5. The molecule has 8 aliphatic heterocycles. The van der Waals surface area contributed by atoms with Crippen LogP contribution >= 0.6 is 11.3 Å². The van der Waals surface area contributed by atoms with Gasteiger partial charge in [-0.25, -0.2) is 10.4 Å². The number of ether oxygens (including phenoxy) is 6. The third kappa shape index (κ3) is 9.80. The molecule has 8 bridgehead atoms. The zero-order chi connectivity index (χ0) is 52.8. The molecule has 1 spiro atoms. The Hall–Kier alpha value is -4.57. The quantitative estimate of drug-likeness (QED) is 0.153. The van der Waals surface area contributed by atoms with Crippen molar-refractivity contribution in [3.05, 3.63) is 52.1 Å². The number of amides is 2. The number of nitrogens with one attached hydrogen (secondary N) is 2. The summed E-state index contributed by atoms with van der Waals surface area (Å²) in [6, 6.07) is 7.27. The van der Waals surface area contributed by atoms with Gasteiger partial charge in [-0.1, -0.05) is 19.9 Å². The number of carbonyl (C=O) groups excluding carboxylic acids is 3. The number of hydrogen-bond donors (Lipinski definition) is 2. The Balaban J connectivity index is 0.949. The molecule has 2 amide bonds. The lowest BCUT2D eigenvalue weighted by Crippen LogP contribution is -2.72. The van der Waals surface area contributed by atoms with Crippen molar-refractivity contribution >= 4 is 45.7 Å². The number of carbonyl (C=O) groups is 3. The third-order valence-corrected chi connectivity index (χ3v) is 19.5. The largest absolute Gasteiger partial charge is 0.464 e. The van der Waals surface area contributed by atoms with Crippen LogP contribution in [0.2, 0.25) is 0 Å². The molecular formula is C58H77N9O9S. The fourth-order valence-corrected chi connectivity index (χ4v) is 14.7. The fraction of sp³-hybridized carbons (Fsp3) is 0.672. The van der Waals surface area contributed by atoms with E-state index in [0.29, 0.717) is 90.6 Å². The van der Waals surface area contributed by atoms with E-state index in [1.165, 1.54) is 24.2 Å². The van der Waals surface area contributed by atoms with Crippen LogP contribution in [-0.2, 0) is 55.8 Å². The Morgan fingerprint density at radius 1 is 1.00 bits per heavy atom. The minimum atomic E-state index is -1.05. The summed E-state index contributed by atoms with van der Waals surface area (Å²) in [5.74, 6) is -0.697. The number of nitrogens with zero attached hydrogens (tertiary/aromatic N) is 7. The Morgan fingerprint density at radius 3 is 2.51 bits per heavy atom. The van der Waals surface area contributed by atoms with E-state index in [4.69, 9.17) is 38.4 Å². The highest BCUT2D eigenvalue weighted by atomic mass is 32.1. The molecule has 77 heavy (non-hydrogen) atoms. The number of anilines is 1. The number of fused-ring (bicyclic) bond motifs is 7. The highest BCUT2D eigenvalue weighted by Gasteiger charge is 2.62. The molecule has 0 radical (unpaired) electrons. The maximum Gasteiger partial charge on any atom is 0.324 e. The van der Waals surface area contributed by atoms with Crippen LogP contribution in [0.25, 0.3) is 33.4 Å². The zero-order valence-corrected chi connectivity index (χ0v) is 46.4. The van der Waals surface area contributed by atoms with Crippen molar-refractivity contribution in [1.29, 1.82) is 0 Å². The first kappa shape index (κ1) is 51.8. The summed E-state index contributed by atoms with van der Waals surface area (Å²) in [5, 5.41) is 8.70. The molecule has 414 valence electrons. The van der Waals surface area contributed by atoms with E-state index in [1.54, 1.807) is 12.1 Å². The van der Waals surface area contributed by atoms with E-state index in [0.717, 1.165) is 107 Å². The van der Waals surface area contributed by atoms with Crippen molar-refractivity contribution in [3.8, 4) is 22.5 Å². The zero-order valence-electron chi connectivity index (χ0n) is 45.6. The SMILES string of the molecule is CO[C@@H](C)c1ncc(N2CCN(C3CC3)CC2)cc1-c1c2c3cc(ccc3n1CCOC1CCOCC1)-c1csc(n1)[C@@H](N1CC3(CCO3)C1)[C@H](NC(=O)C13CC(C1)[C@H](C)O3)C(=O)N1CCC[C@H](N1)C(=O)OCC(C)(C)C2. The Labute approximate surface area is 455 Å². The number of likely N-dealkylation sites (tertiary alicyclic amines) is 1. The van der Waals surface area contributed by atoms with E-state index in [2.05, 4.69) is 80.4 Å². The molecular weight excluding hydrogens is 999 g/mol. The highest BCUT2D eigenvalue weighted by molar-refractivity contribution is 7.10. The van der Waals surface area contributed by atoms with Crippen LogP contribution in [0.5, 0.6) is 0 Å². The minimum absolute atomic E-state index is 0.0301. The molecule has 4 aromatic rings. The minimum Gasteiger partial charge on any atom is -0.464 e. The first-order valence-corrected chi connectivity index (χ1v) is 29.6. The molecule has 2 aliphatic carbocycles. The molecule has 5 atom stereocenters. The number of aromatic nitrogens is 3. The summed E-state index contributed by atoms with van der Waals surface area (Å²) in [6.07, 6.45) is 9.96. The van der Waals surface area contributed by atoms with Crippen LogP contribution in [0.4, 0.5) is 5.69 Å². The predicted molar refractivity (Wildman–Crippen MR) is 290 cm³/mol. The summed E-state index contributed by atoms with van der Waals surface area (Å²) in [7, 11) is 1.74. The van der Waals surface area contributed by atoms with Gasteiger partial charge in [0.1, 0.15) is 22.7 Å². The van der Waals surface area contributed by atoms with E-state index in [-0.39, 0.29) is 42.3 Å². The van der Waals surface area contributed by atoms with Crippen molar-refractivity contribution in [3.63, 3.8) is 0 Å². The summed E-state index contributed by atoms with van der Waals surface area (Å²) < 4.78 is 39.8. The summed E-state index contributed by atoms with van der Waals surface area (Å²) in [5.41, 5.74) is 9.39. The molecule has 1 aromatic carbocycles. The normalized spacial score (nSPS) is 30.1. The predicted octanol–water partition coefficient (Wildman–Crippen LogP) is 6.20. The molecule has 11 heterocycles. The highest BCUT2D eigenvalue weighted by Crippen LogP contribution is 2.53. The van der Waals surface area contributed by atoms with Crippen LogP contribution < -0.4 is 15.6 Å². The Morgan fingerprint density at radius 2 is 1.79 bits per heavy atom. The third-order valence-electron chi connectivity index (χ3n) is 18.6. The number of hydrazine groups is 1. The number of rotatable bonds is 12. The smallest absolute Gasteiger partial charge is 0.324 e. The lowest BCUT2D eigenvalue weighted by molar-refractivity contribution is -0.232. The standard InChI is InChI=1S/C58H77N9O9S/c1-35-38-27-58(28-38,76-35)55(70)61-49-51(65-32-57(33-65)14-23-75-57)52-60-46(31-77-52)37-8-11-47-42(25-37)44(29-56(3,4)34-74-54(69)45-7-6-15-67(62-45)53(49)68)50(66(47)20-24-73-41-12-21-72-22-13-41)43-26-40(30-59-48(43)36(2)71-5)64-18-16-63(17-19-64)39-9-10-39/h8,11,25-26,30-31,35-36,38-39,41,45,49,51,62H,6-7,9-10,12-24,27-29,32-34H2,1-5H3,(H,61,70)/t35-,36-,38?,45-,49-,51-,58?/m0/s1. The Kier molecular flexibility index (Phi) is 13.8. The average molecular weight is 1080 g/mol. The molecule has 18 nitrogen and oxygen atoms in total. The van der Waals surface area contributed by atoms with Crippen LogP contribution in [0.1, 0.15) is 114 Å². The number of pyridine rings is 1. The van der Waals surface area contributed by atoms with Gasteiger partial charge in [-0.2, -0.15) is 0 Å². The fourth-order valence-electron chi connectivity index (χ4n) is 13.7. The molecule has 14 rings (SSSR count). The number of thiazole rings is 1. The van der Waals surface area contributed by atoms with Gasteiger partial charge in [-0.15, -0.1) is 11.3 Å². The topological polar surface area (TPSA) is 174 Å².